The lowest BCUT2D eigenvalue weighted by Gasteiger charge is -2.17. The summed E-state index contributed by atoms with van der Waals surface area (Å²) in [6.07, 6.45) is 1.03. The Morgan fingerprint density at radius 3 is 2.64 bits per heavy atom. The predicted molar refractivity (Wildman–Crippen MR) is 61.4 cm³/mol. The van der Waals surface area contributed by atoms with E-state index in [0.29, 0.717) is 0 Å². The Morgan fingerprint density at radius 1 is 1.29 bits per heavy atom. The van der Waals surface area contributed by atoms with Crippen LogP contribution in [0.3, 0.4) is 0 Å². The van der Waals surface area contributed by atoms with Gasteiger partial charge in [-0.15, -0.1) is 0 Å². The Kier molecular flexibility index (Phi) is 4.53. The lowest BCUT2D eigenvalue weighted by molar-refractivity contribution is 0.318. The molecule has 0 aliphatic heterocycles. The summed E-state index contributed by atoms with van der Waals surface area (Å²) in [4.78, 5) is 2.06. The Labute approximate surface area is 89.3 Å². The van der Waals surface area contributed by atoms with Gasteiger partial charge in [0.2, 0.25) is 0 Å². The third-order valence-corrected chi connectivity index (χ3v) is 2.28. The van der Waals surface area contributed by atoms with Gasteiger partial charge in [0.1, 0.15) is 5.75 Å². The van der Waals surface area contributed by atoms with E-state index in [-0.39, 0.29) is 0 Å². The Hall–Kier alpha value is -0.963. The summed E-state index contributed by atoms with van der Waals surface area (Å²) in [5.74, 6) is 0.956. The fourth-order valence-electron chi connectivity index (χ4n) is 1.20. The van der Waals surface area contributed by atoms with Gasteiger partial charge in [0.05, 0.1) is 12.3 Å². The Morgan fingerprint density at radius 2 is 2.00 bits per heavy atom. The van der Waals surface area contributed by atoms with Gasteiger partial charge in [-0.2, -0.15) is 0 Å². The van der Waals surface area contributed by atoms with E-state index in [0.717, 1.165) is 30.5 Å². The molecule has 0 saturated carbocycles. The van der Waals surface area contributed by atoms with Gasteiger partial charge >= 0.3 is 0 Å². The normalized spacial score (nSPS) is 9.93. The largest absolute Gasteiger partial charge is 0.491 e. The van der Waals surface area contributed by atoms with Crippen molar-refractivity contribution in [3.05, 3.63) is 24.3 Å². The molecule has 0 N–H and O–H groups in total. The molecule has 1 aromatic carbocycles. The second kappa shape index (κ2) is 5.70. The van der Waals surface area contributed by atoms with Crippen LogP contribution in [0.25, 0.3) is 0 Å². The Bertz CT molecular complexity index is 276. The highest BCUT2D eigenvalue weighted by atomic mass is 28.1. The molecule has 0 bridgehead atoms. The number of anilines is 1. The van der Waals surface area contributed by atoms with Crippen molar-refractivity contribution in [2.75, 3.05) is 25.6 Å². The summed E-state index contributed by atoms with van der Waals surface area (Å²) in [5.41, 5.74) is 1.13. The zero-order chi connectivity index (χ0) is 10.4. The highest BCUT2D eigenvalue weighted by molar-refractivity contribution is 6.08. The maximum atomic E-state index is 5.67. The van der Waals surface area contributed by atoms with Gasteiger partial charge in [0, 0.05) is 24.3 Å². The topological polar surface area (TPSA) is 12.5 Å². The average Bonchev–Trinajstić information content (AvgIpc) is 2.19. The first-order valence-corrected chi connectivity index (χ1v) is 5.50. The number of para-hydroxylation sites is 2. The smallest absolute Gasteiger partial charge is 0.142 e. The first-order valence-electron chi connectivity index (χ1n) is 4.79. The van der Waals surface area contributed by atoms with Crippen molar-refractivity contribution < 1.29 is 4.74 Å². The highest BCUT2D eigenvalue weighted by Gasteiger charge is 2.03. The van der Waals surface area contributed by atoms with Gasteiger partial charge in [0.25, 0.3) is 0 Å². The van der Waals surface area contributed by atoms with Crippen LogP contribution in [0.15, 0.2) is 24.3 Å². The molecule has 1 rings (SSSR count). The quantitative estimate of drug-likeness (QED) is 0.540. The molecule has 14 heavy (non-hydrogen) atoms. The number of benzene rings is 1. The molecule has 0 aromatic heterocycles. The molecule has 0 aliphatic rings. The minimum Gasteiger partial charge on any atom is -0.491 e. The molecule has 0 heterocycles. The maximum absolute atomic E-state index is 5.67. The summed E-state index contributed by atoms with van der Waals surface area (Å²) in [6.45, 7) is 0.758. The van der Waals surface area contributed by atoms with E-state index in [2.05, 4.69) is 21.2 Å². The number of hydrogen-bond donors (Lipinski definition) is 0. The van der Waals surface area contributed by atoms with Crippen molar-refractivity contribution in [1.29, 1.82) is 0 Å². The minimum atomic E-state index is 0.758. The summed E-state index contributed by atoms with van der Waals surface area (Å²) >= 11 is 0. The molecule has 75 valence electrons. The van der Waals surface area contributed by atoms with Crippen molar-refractivity contribution in [2.24, 2.45) is 0 Å². The van der Waals surface area contributed by atoms with Crippen molar-refractivity contribution in [3.8, 4) is 5.75 Å². The number of ether oxygens (including phenoxy) is 1. The van der Waals surface area contributed by atoms with Crippen LogP contribution in [0.1, 0.15) is 6.42 Å². The molecule has 0 atom stereocenters. The third-order valence-electron chi connectivity index (χ3n) is 1.93. The first kappa shape index (κ1) is 11.1. The first-order chi connectivity index (χ1) is 6.75. The van der Waals surface area contributed by atoms with Gasteiger partial charge < -0.3 is 9.64 Å². The van der Waals surface area contributed by atoms with E-state index >= 15 is 0 Å². The summed E-state index contributed by atoms with van der Waals surface area (Å²) in [7, 11) is 7.47. The molecule has 0 saturated heterocycles. The summed E-state index contributed by atoms with van der Waals surface area (Å²) in [5, 5.41) is 0. The van der Waals surface area contributed by atoms with Crippen LogP contribution in [-0.2, 0) is 0 Å². The molecule has 1 aromatic rings. The van der Waals surface area contributed by atoms with Gasteiger partial charge in [0.15, 0.2) is 0 Å². The van der Waals surface area contributed by atoms with Crippen molar-refractivity contribution in [1.82, 2.24) is 0 Å². The van der Waals surface area contributed by atoms with Crippen LogP contribution in [0.4, 0.5) is 5.69 Å². The Balaban J connectivity index is 2.64. The van der Waals surface area contributed by atoms with Gasteiger partial charge in [-0.25, -0.2) is 0 Å². The molecule has 0 spiro atoms. The molecule has 0 amide bonds. The van der Waals surface area contributed by atoms with Gasteiger partial charge in [-0.05, 0) is 18.6 Å². The SMILES string of the molecule is CN(C)c1ccccc1OCCC[Si]. The fraction of sp³-hybridized carbons (Fsp3) is 0.455. The monoisotopic (exact) mass is 206 g/mol. The summed E-state index contributed by atoms with van der Waals surface area (Å²) < 4.78 is 5.67. The molecule has 3 heteroatoms. The van der Waals surface area contributed by atoms with E-state index in [4.69, 9.17) is 4.74 Å². The van der Waals surface area contributed by atoms with E-state index < -0.39 is 0 Å². The van der Waals surface area contributed by atoms with Crippen LogP contribution in [-0.4, -0.2) is 30.9 Å². The lowest BCUT2D eigenvalue weighted by Crippen LogP contribution is -2.10. The van der Waals surface area contributed by atoms with Crippen molar-refractivity contribution in [2.45, 2.75) is 12.5 Å². The van der Waals surface area contributed by atoms with E-state index in [1.165, 1.54) is 0 Å². The predicted octanol–water partition coefficient (Wildman–Crippen LogP) is 2.11. The molecular formula is C11H16NOSi. The maximum Gasteiger partial charge on any atom is 0.142 e. The standard InChI is InChI=1S/C11H16NOSi/c1-12(2)10-6-3-4-7-11(10)13-8-5-9-14/h3-4,6-7H,5,8-9H2,1-2H3. The summed E-state index contributed by atoms with van der Waals surface area (Å²) in [6, 6.07) is 9.05. The molecule has 3 radical (unpaired) electrons. The third kappa shape index (κ3) is 3.07. The second-order valence-electron chi connectivity index (χ2n) is 3.31. The fourth-order valence-corrected chi connectivity index (χ4v) is 1.35. The van der Waals surface area contributed by atoms with E-state index in [9.17, 15) is 0 Å². The lowest BCUT2D eigenvalue weighted by atomic mass is 10.3. The second-order valence-corrected chi connectivity index (χ2v) is 3.81. The van der Waals surface area contributed by atoms with Crippen molar-refractivity contribution >= 4 is 15.9 Å². The highest BCUT2D eigenvalue weighted by Crippen LogP contribution is 2.25. The van der Waals surface area contributed by atoms with Crippen LogP contribution in [0, 0.1) is 0 Å². The van der Waals surface area contributed by atoms with Crippen molar-refractivity contribution in [3.63, 3.8) is 0 Å². The van der Waals surface area contributed by atoms with E-state index in [1.807, 2.05) is 32.3 Å². The van der Waals surface area contributed by atoms with Crippen LogP contribution in [0.5, 0.6) is 5.75 Å². The molecule has 0 unspecified atom stereocenters. The molecule has 2 nitrogen and oxygen atoms in total. The number of nitrogens with zero attached hydrogens (tertiary/aromatic N) is 1. The van der Waals surface area contributed by atoms with Crippen LogP contribution >= 0.6 is 0 Å². The van der Waals surface area contributed by atoms with E-state index in [1.54, 1.807) is 0 Å². The van der Waals surface area contributed by atoms with Gasteiger partial charge in [-0.3, -0.25) is 0 Å². The van der Waals surface area contributed by atoms with Gasteiger partial charge in [-0.1, -0.05) is 18.2 Å². The molecule has 0 aliphatic carbocycles. The van der Waals surface area contributed by atoms with Crippen LogP contribution in [0.2, 0.25) is 6.04 Å². The number of hydrogen-bond acceptors (Lipinski definition) is 2. The minimum absolute atomic E-state index is 0.758. The molecular weight excluding hydrogens is 190 g/mol. The zero-order valence-corrected chi connectivity index (χ0v) is 9.79. The number of rotatable bonds is 5. The molecule has 0 fully saturated rings. The van der Waals surface area contributed by atoms with Crippen LogP contribution < -0.4 is 9.64 Å². The zero-order valence-electron chi connectivity index (χ0n) is 8.79. The average molecular weight is 206 g/mol.